The van der Waals surface area contributed by atoms with Crippen molar-refractivity contribution < 1.29 is 14.7 Å². The first-order chi connectivity index (χ1) is 10.5. The van der Waals surface area contributed by atoms with E-state index in [0.29, 0.717) is 17.6 Å². The van der Waals surface area contributed by atoms with E-state index in [2.05, 4.69) is 0 Å². The Morgan fingerprint density at radius 3 is 2.64 bits per heavy atom. The number of hydrogen-bond donors (Lipinski definition) is 1. The van der Waals surface area contributed by atoms with Crippen molar-refractivity contribution in [3.05, 3.63) is 75.4 Å². The minimum atomic E-state index is -0.984. The van der Waals surface area contributed by atoms with Crippen LogP contribution in [0.4, 0.5) is 0 Å². The highest BCUT2D eigenvalue weighted by molar-refractivity contribution is 6.16. The molecule has 3 heteroatoms. The van der Waals surface area contributed by atoms with E-state index in [4.69, 9.17) is 0 Å². The number of allylic oxidation sites excluding steroid dienone is 1. The molecule has 0 saturated heterocycles. The molecule has 0 saturated carbocycles. The first-order valence-corrected chi connectivity index (χ1v) is 7.15. The lowest BCUT2D eigenvalue weighted by Crippen LogP contribution is -2.01. The Hall–Kier alpha value is -2.68. The number of hydrogen-bond acceptors (Lipinski definition) is 2. The molecular formula is C19H16O3. The van der Waals surface area contributed by atoms with Crippen LogP contribution in [0.2, 0.25) is 0 Å². The molecule has 0 atom stereocenters. The Morgan fingerprint density at radius 2 is 1.91 bits per heavy atom. The zero-order chi connectivity index (χ0) is 15.9. The number of fused-ring (bicyclic) bond motifs is 1. The summed E-state index contributed by atoms with van der Waals surface area (Å²) in [6.07, 6.45) is 2.27. The van der Waals surface area contributed by atoms with Crippen LogP contribution in [0, 0.1) is 13.8 Å². The predicted octanol–water partition coefficient (Wildman–Crippen LogP) is 3.82. The number of carboxylic acids is 1. The molecule has 0 unspecified atom stereocenters. The van der Waals surface area contributed by atoms with Gasteiger partial charge in [-0.3, -0.25) is 4.79 Å². The predicted molar refractivity (Wildman–Crippen MR) is 85.3 cm³/mol. The molecule has 0 bridgehead atoms. The van der Waals surface area contributed by atoms with Crippen molar-refractivity contribution >= 4 is 17.8 Å². The van der Waals surface area contributed by atoms with Gasteiger partial charge in [-0.2, -0.15) is 0 Å². The quantitative estimate of drug-likeness (QED) is 0.856. The number of carbonyl (C=O) groups is 2. The molecule has 1 aliphatic rings. The fraction of sp³-hybridized carbons (Fsp3) is 0.158. The van der Waals surface area contributed by atoms with Gasteiger partial charge >= 0.3 is 5.97 Å². The van der Waals surface area contributed by atoms with Gasteiger partial charge in [-0.1, -0.05) is 35.9 Å². The van der Waals surface area contributed by atoms with E-state index in [1.165, 1.54) is 0 Å². The van der Waals surface area contributed by atoms with E-state index < -0.39 is 5.97 Å². The van der Waals surface area contributed by atoms with Gasteiger partial charge in [0.2, 0.25) is 0 Å². The van der Waals surface area contributed by atoms with Crippen LogP contribution in [0.1, 0.15) is 43.0 Å². The monoisotopic (exact) mass is 292 g/mol. The van der Waals surface area contributed by atoms with E-state index in [-0.39, 0.29) is 11.3 Å². The number of benzene rings is 2. The Balaban J connectivity index is 2.08. The van der Waals surface area contributed by atoms with Crippen LogP contribution in [0.5, 0.6) is 0 Å². The molecule has 2 aromatic rings. The van der Waals surface area contributed by atoms with Crippen molar-refractivity contribution in [2.45, 2.75) is 20.3 Å². The summed E-state index contributed by atoms with van der Waals surface area (Å²) in [6.45, 7) is 3.96. The van der Waals surface area contributed by atoms with Gasteiger partial charge in [0, 0.05) is 17.6 Å². The summed E-state index contributed by atoms with van der Waals surface area (Å²) < 4.78 is 0. The van der Waals surface area contributed by atoms with Gasteiger partial charge in [0.05, 0.1) is 5.56 Å². The molecule has 0 amide bonds. The highest BCUT2D eigenvalue weighted by atomic mass is 16.4. The first-order valence-electron chi connectivity index (χ1n) is 7.15. The summed E-state index contributed by atoms with van der Waals surface area (Å²) in [6, 6.07) is 10.8. The molecule has 1 N–H and O–H groups in total. The summed E-state index contributed by atoms with van der Waals surface area (Å²) in [4.78, 5) is 23.9. The highest BCUT2D eigenvalue weighted by Crippen LogP contribution is 2.31. The zero-order valence-electron chi connectivity index (χ0n) is 12.5. The maximum atomic E-state index is 12.6. The summed E-state index contributed by atoms with van der Waals surface area (Å²) in [7, 11) is 0. The Labute approximate surface area is 128 Å². The number of ketones is 1. The van der Waals surface area contributed by atoms with E-state index in [0.717, 1.165) is 22.3 Å². The molecular weight excluding hydrogens is 276 g/mol. The van der Waals surface area contributed by atoms with Crippen LogP contribution in [-0.2, 0) is 6.42 Å². The van der Waals surface area contributed by atoms with Crippen LogP contribution in [0.25, 0.3) is 6.08 Å². The smallest absolute Gasteiger partial charge is 0.336 e. The van der Waals surface area contributed by atoms with Crippen molar-refractivity contribution in [2.24, 2.45) is 0 Å². The number of aryl methyl sites for hydroxylation is 2. The van der Waals surface area contributed by atoms with E-state index in [1.807, 2.05) is 26.0 Å². The van der Waals surface area contributed by atoms with Crippen molar-refractivity contribution in [3.8, 4) is 0 Å². The van der Waals surface area contributed by atoms with Gasteiger partial charge in [0.1, 0.15) is 0 Å². The minimum absolute atomic E-state index is 0.00712. The molecule has 110 valence electrons. The van der Waals surface area contributed by atoms with Crippen LogP contribution in [0.15, 0.2) is 42.0 Å². The second-order valence-corrected chi connectivity index (χ2v) is 5.68. The minimum Gasteiger partial charge on any atom is -0.478 e. The van der Waals surface area contributed by atoms with Crippen molar-refractivity contribution in [1.29, 1.82) is 0 Å². The normalized spacial score (nSPS) is 15.2. The summed E-state index contributed by atoms with van der Waals surface area (Å²) in [5.74, 6) is -0.977. The fourth-order valence-corrected chi connectivity index (χ4v) is 3.09. The summed E-state index contributed by atoms with van der Waals surface area (Å²) >= 11 is 0. The lowest BCUT2D eigenvalue weighted by atomic mass is 10.0. The lowest BCUT2D eigenvalue weighted by Gasteiger charge is -2.03. The van der Waals surface area contributed by atoms with Crippen molar-refractivity contribution in [1.82, 2.24) is 0 Å². The first kappa shape index (κ1) is 14.3. The van der Waals surface area contributed by atoms with Gasteiger partial charge < -0.3 is 5.11 Å². The largest absolute Gasteiger partial charge is 0.478 e. The van der Waals surface area contributed by atoms with Gasteiger partial charge in [0.15, 0.2) is 5.78 Å². The van der Waals surface area contributed by atoms with Gasteiger partial charge in [-0.15, -0.1) is 0 Å². The number of aromatic carboxylic acids is 1. The Bertz CT molecular complexity index is 829. The number of carboxylic acid groups (broad SMARTS) is 1. The molecule has 1 aliphatic carbocycles. The highest BCUT2D eigenvalue weighted by Gasteiger charge is 2.27. The average Bonchev–Trinajstić information content (AvgIpc) is 2.75. The number of carbonyl (C=O) groups excluding carboxylic acids is 1. The van der Waals surface area contributed by atoms with Crippen molar-refractivity contribution in [2.75, 3.05) is 0 Å². The second-order valence-electron chi connectivity index (χ2n) is 5.68. The Kier molecular flexibility index (Phi) is 3.41. The second kappa shape index (κ2) is 5.26. The number of rotatable bonds is 2. The molecule has 0 heterocycles. The molecule has 3 nitrogen and oxygen atoms in total. The van der Waals surface area contributed by atoms with Crippen molar-refractivity contribution in [3.63, 3.8) is 0 Å². The van der Waals surface area contributed by atoms with E-state index in [1.54, 1.807) is 30.3 Å². The number of Topliss-reactive ketones (excluding diaryl/α,β-unsaturated/α-hetero) is 1. The fourth-order valence-electron chi connectivity index (χ4n) is 3.09. The third-order valence-electron chi connectivity index (χ3n) is 3.98. The standard InChI is InChI=1S/C19H16O3/c1-11-7-12(2)17-14(8-11)10-15(18(17)20)9-13-5-3-4-6-16(13)19(21)22/h3-9H,10H2,1-2H3,(H,21,22). The van der Waals surface area contributed by atoms with E-state index >= 15 is 0 Å². The van der Waals surface area contributed by atoms with Crippen LogP contribution < -0.4 is 0 Å². The molecule has 3 rings (SSSR count). The SMILES string of the molecule is Cc1cc(C)c2c(c1)CC(=Cc1ccccc1C(=O)O)C2=O. The van der Waals surface area contributed by atoms with Gasteiger partial charge in [0.25, 0.3) is 0 Å². The summed E-state index contributed by atoms with van der Waals surface area (Å²) in [5, 5.41) is 9.25. The molecule has 0 spiro atoms. The third kappa shape index (κ3) is 2.35. The van der Waals surface area contributed by atoms with Gasteiger partial charge in [-0.25, -0.2) is 4.79 Å². The molecule has 22 heavy (non-hydrogen) atoms. The topological polar surface area (TPSA) is 54.4 Å². The third-order valence-corrected chi connectivity index (χ3v) is 3.98. The molecule has 0 aliphatic heterocycles. The maximum Gasteiger partial charge on any atom is 0.336 e. The summed E-state index contributed by atoms with van der Waals surface area (Å²) in [5.41, 5.74) is 5.35. The van der Waals surface area contributed by atoms with Crippen LogP contribution in [0.3, 0.4) is 0 Å². The Morgan fingerprint density at radius 1 is 1.18 bits per heavy atom. The van der Waals surface area contributed by atoms with Gasteiger partial charge in [-0.05, 0) is 42.7 Å². The lowest BCUT2D eigenvalue weighted by molar-refractivity contribution is 0.0696. The average molecular weight is 292 g/mol. The van der Waals surface area contributed by atoms with Crippen LogP contribution >= 0.6 is 0 Å². The van der Waals surface area contributed by atoms with Crippen LogP contribution in [-0.4, -0.2) is 16.9 Å². The van der Waals surface area contributed by atoms with E-state index in [9.17, 15) is 14.7 Å². The molecule has 2 aromatic carbocycles. The molecule has 0 aromatic heterocycles. The maximum absolute atomic E-state index is 12.6. The molecule has 0 fully saturated rings. The molecule has 0 radical (unpaired) electrons. The zero-order valence-corrected chi connectivity index (χ0v) is 12.5.